The zero-order valence-electron chi connectivity index (χ0n) is 22.0. The first-order chi connectivity index (χ1) is 19.3. The van der Waals surface area contributed by atoms with Gasteiger partial charge in [0.25, 0.3) is 5.91 Å². The summed E-state index contributed by atoms with van der Waals surface area (Å²) < 4.78 is 81.0. The topological polar surface area (TPSA) is 91.1 Å². The summed E-state index contributed by atoms with van der Waals surface area (Å²) in [7, 11) is 0. The zero-order chi connectivity index (χ0) is 29.9. The summed E-state index contributed by atoms with van der Waals surface area (Å²) in [5.74, 6) is 0.166. The van der Waals surface area contributed by atoms with Crippen molar-refractivity contribution < 1.29 is 35.9 Å². The quantitative estimate of drug-likeness (QED) is 0.391. The van der Waals surface area contributed by atoms with E-state index in [0.29, 0.717) is 53.5 Å². The summed E-state index contributed by atoms with van der Waals surface area (Å²) in [6.45, 7) is 5.49. The minimum atomic E-state index is -4.49. The van der Waals surface area contributed by atoms with E-state index < -0.39 is 29.4 Å². The number of halogens is 6. The number of pyridine rings is 2. The Balaban J connectivity index is 0.000000247. The number of hydrogen-bond acceptors (Lipinski definition) is 6. The number of aromatic nitrogens is 2. The largest absolute Gasteiger partial charge is 0.492 e. The molecule has 0 saturated carbocycles. The second-order valence-corrected chi connectivity index (χ2v) is 9.95. The molecule has 0 atom stereocenters. The van der Waals surface area contributed by atoms with Crippen molar-refractivity contribution in [3.63, 3.8) is 0 Å². The molecular weight excluding hydrogens is 552 g/mol. The van der Waals surface area contributed by atoms with Crippen molar-refractivity contribution in [2.75, 3.05) is 6.61 Å². The Morgan fingerprint density at radius 3 is 2.22 bits per heavy atom. The van der Waals surface area contributed by atoms with E-state index in [4.69, 9.17) is 10.00 Å². The second kappa shape index (κ2) is 11.7. The average Bonchev–Trinajstić information content (AvgIpc) is 3.57. The normalized spacial score (nSPS) is 14.2. The molecule has 1 amide bonds. The number of carbonyl (C=O) groups excluding carboxylic acids is 1. The third kappa shape index (κ3) is 7.13. The Hall–Kier alpha value is -4.18. The molecule has 0 radical (unpaired) electrons. The van der Waals surface area contributed by atoms with Gasteiger partial charge in [-0.15, -0.1) is 0 Å². The number of nitriles is 1. The monoisotopic (exact) mass is 577 g/mol. The summed E-state index contributed by atoms with van der Waals surface area (Å²) in [5.41, 5.74) is 1.16. The van der Waals surface area contributed by atoms with Gasteiger partial charge in [-0.25, -0.2) is 0 Å². The van der Waals surface area contributed by atoms with Crippen LogP contribution in [0.25, 0.3) is 0 Å². The number of nitrogens with one attached hydrogen (secondary N) is 1. The molecule has 2 aromatic heterocycles. The third-order valence-corrected chi connectivity index (χ3v) is 6.28. The predicted molar refractivity (Wildman–Crippen MR) is 134 cm³/mol. The molecule has 216 valence electrons. The van der Waals surface area contributed by atoms with Crippen molar-refractivity contribution in [1.29, 1.82) is 5.26 Å². The van der Waals surface area contributed by atoms with E-state index in [1.807, 2.05) is 19.9 Å². The highest BCUT2D eigenvalue weighted by atomic mass is 19.4. The van der Waals surface area contributed by atoms with Crippen LogP contribution in [0, 0.1) is 17.2 Å². The van der Waals surface area contributed by atoms with Gasteiger partial charge in [0.15, 0.2) is 0 Å². The SMILES string of the molecule is CC(C)COc1ccc(C#N)cc1C(=O)N1Cc2cc(C(F)(F)F)cnc2C1.FC(F)(F)c1cnc2c(c1)CNC2. The smallest absolute Gasteiger partial charge is 0.417 e. The average molecular weight is 578 g/mol. The maximum atomic E-state index is 13.0. The van der Waals surface area contributed by atoms with E-state index in [1.54, 1.807) is 12.1 Å². The summed E-state index contributed by atoms with van der Waals surface area (Å²) in [5, 5.41) is 12.1. The minimum Gasteiger partial charge on any atom is -0.492 e. The van der Waals surface area contributed by atoms with E-state index >= 15 is 0 Å². The molecule has 1 N–H and O–H groups in total. The molecule has 0 fully saturated rings. The summed E-state index contributed by atoms with van der Waals surface area (Å²) >= 11 is 0. The number of hydrogen-bond donors (Lipinski definition) is 1. The molecule has 0 unspecified atom stereocenters. The van der Waals surface area contributed by atoms with Gasteiger partial charge < -0.3 is 15.0 Å². The van der Waals surface area contributed by atoms with Crippen LogP contribution in [-0.4, -0.2) is 27.4 Å². The molecule has 1 aromatic carbocycles. The van der Waals surface area contributed by atoms with Gasteiger partial charge in [0.1, 0.15) is 5.75 Å². The van der Waals surface area contributed by atoms with Gasteiger partial charge in [0.05, 0.1) is 52.9 Å². The Labute approximate surface area is 231 Å². The first-order valence-corrected chi connectivity index (χ1v) is 12.5. The molecule has 0 spiro atoms. The summed E-state index contributed by atoms with van der Waals surface area (Å²) in [6.07, 6.45) is -7.12. The van der Waals surface area contributed by atoms with Crippen LogP contribution < -0.4 is 10.1 Å². The standard InChI is InChI=1S/C20H18F3N3O2.C8H7F3N2/c1-12(2)11-28-18-4-3-13(7-24)5-16(18)19(27)26-9-14-6-15(20(21,22)23)8-25-17(14)10-26;9-8(10,11)6-1-5-2-12-4-7(5)13-3-6/h3-6,8,12H,9-11H2,1-2H3;1,3,12H,2,4H2. The van der Waals surface area contributed by atoms with Gasteiger partial charge in [-0.05, 0) is 47.4 Å². The molecule has 0 bridgehead atoms. The van der Waals surface area contributed by atoms with Gasteiger partial charge >= 0.3 is 12.4 Å². The van der Waals surface area contributed by atoms with Gasteiger partial charge in [0.2, 0.25) is 0 Å². The molecule has 3 aromatic rings. The highest BCUT2D eigenvalue weighted by Gasteiger charge is 2.35. The van der Waals surface area contributed by atoms with E-state index in [9.17, 15) is 31.1 Å². The Kier molecular flexibility index (Phi) is 8.53. The van der Waals surface area contributed by atoms with Crippen molar-refractivity contribution in [3.05, 3.63) is 87.5 Å². The fourth-order valence-corrected chi connectivity index (χ4v) is 4.20. The molecule has 0 aliphatic carbocycles. The first-order valence-electron chi connectivity index (χ1n) is 12.5. The van der Waals surface area contributed by atoms with Crippen LogP contribution in [0.1, 0.15) is 63.4 Å². The summed E-state index contributed by atoms with van der Waals surface area (Å²) in [6, 6.07) is 8.73. The van der Waals surface area contributed by atoms with E-state index in [-0.39, 0.29) is 24.6 Å². The predicted octanol–water partition coefficient (Wildman–Crippen LogP) is 5.87. The lowest BCUT2D eigenvalue weighted by Crippen LogP contribution is -2.26. The Bertz CT molecular complexity index is 1480. The van der Waals surface area contributed by atoms with Gasteiger partial charge in [0, 0.05) is 32.0 Å². The molecular formula is C28H25F6N5O2. The first kappa shape index (κ1) is 29.8. The fourth-order valence-electron chi connectivity index (χ4n) is 4.20. The Morgan fingerprint density at radius 2 is 1.61 bits per heavy atom. The van der Waals surface area contributed by atoms with Crippen molar-refractivity contribution >= 4 is 5.91 Å². The molecule has 2 aliphatic heterocycles. The number of alkyl halides is 6. The van der Waals surface area contributed by atoms with Crippen molar-refractivity contribution in [2.45, 2.75) is 52.4 Å². The minimum absolute atomic E-state index is 0.0193. The lowest BCUT2D eigenvalue weighted by Gasteiger charge is -2.18. The van der Waals surface area contributed by atoms with Crippen LogP contribution in [0.2, 0.25) is 0 Å². The number of carbonyl (C=O) groups is 1. The number of rotatable bonds is 4. The number of fused-ring (bicyclic) bond motifs is 2. The van der Waals surface area contributed by atoms with Gasteiger partial charge in [-0.1, -0.05) is 13.8 Å². The third-order valence-electron chi connectivity index (χ3n) is 6.28. The molecule has 2 aliphatic rings. The van der Waals surface area contributed by atoms with Crippen LogP contribution in [0.4, 0.5) is 26.3 Å². The van der Waals surface area contributed by atoms with Gasteiger partial charge in [-0.3, -0.25) is 14.8 Å². The molecule has 13 heteroatoms. The molecule has 7 nitrogen and oxygen atoms in total. The maximum absolute atomic E-state index is 13.0. The highest BCUT2D eigenvalue weighted by Crippen LogP contribution is 2.33. The zero-order valence-corrected chi connectivity index (χ0v) is 22.0. The lowest BCUT2D eigenvalue weighted by atomic mass is 10.1. The number of ether oxygens (including phenoxy) is 1. The van der Waals surface area contributed by atoms with Crippen LogP contribution in [0.15, 0.2) is 42.7 Å². The highest BCUT2D eigenvalue weighted by molar-refractivity contribution is 5.97. The number of nitrogens with zero attached hydrogens (tertiary/aromatic N) is 4. The van der Waals surface area contributed by atoms with E-state index in [0.717, 1.165) is 24.5 Å². The van der Waals surface area contributed by atoms with Crippen molar-refractivity contribution in [1.82, 2.24) is 20.2 Å². The van der Waals surface area contributed by atoms with E-state index in [2.05, 4.69) is 15.3 Å². The van der Waals surface area contributed by atoms with Crippen molar-refractivity contribution in [3.8, 4) is 11.8 Å². The van der Waals surface area contributed by atoms with E-state index in [1.165, 1.54) is 11.0 Å². The van der Waals surface area contributed by atoms with Crippen LogP contribution in [0.5, 0.6) is 5.75 Å². The molecule has 0 saturated heterocycles. The number of benzene rings is 1. The molecule has 5 rings (SSSR count). The Morgan fingerprint density at radius 1 is 0.976 bits per heavy atom. The van der Waals surface area contributed by atoms with Gasteiger partial charge in [-0.2, -0.15) is 31.6 Å². The van der Waals surface area contributed by atoms with Crippen molar-refractivity contribution in [2.24, 2.45) is 5.92 Å². The summed E-state index contributed by atoms with van der Waals surface area (Å²) in [4.78, 5) is 22.0. The molecule has 41 heavy (non-hydrogen) atoms. The lowest BCUT2D eigenvalue weighted by molar-refractivity contribution is -0.138. The maximum Gasteiger partial charge on any atom is 0.417 e. The van der Waals surface area contributed by atoms with Crippen LogP contribution in [-0.2, 0) is 38.5 Å². The molecule has 4 heterocycles. The van der Waals surface area contributed by atoms with Crippen LogP contribution in [0.3, 0.4) is 0 Å². The number of amides is 1. The fraction of sp³-hybridized carbons (Fsp3) is 0.357. The second-order valence-electron chi connectivity index (χ2n) is 9.95. The van der Waals surface area contributed by atoms with Crippen LogP contribution >= 0.6 is 0 Å².